The third-order valence-electron chi connectivity index (χ3n) is 1.75. The number of hydrogen-bond donors (Lipinski definition) is 0. The number of carbonyl (C=O) groups excluding carboxylic acids is 1. The average Bonchev–Trinajstić information content (AvgIpc) is 2.28. The van der Waals surface area contributed by atoms with E-state index >= 15 is 0 Å². The normalized spacial score (nSPS) is 38.1. The molecule has 0 radical (unpaired) electrons. The summed E-state index contributed by atoms with van der Waals surface area (Å²) in [5.74, 6) is 0.0336. The van der Waals surface area contributed by atoms with E-state index in [0.717, 1.165) is 5.57 Å². The lowest BCUT2D eigenvalue weighted by molar-refractivity contribution is -0.127. The lowest BCUT2D eigenvalue weighted by Gasteiger charge is -2.14. The molecule has 2 atom stereocenters. The molecule has 0 unspecified atom stereocenters. The first-order chi connectivity index (χ1) is 4.77. The second-order valence-corrected chi connectivity index (χ2v) is 2.58. The van der Waals surface area contributed by atoms with Crippen LogP contribution in [0.15, 0.2) is 11.6 Å². The molecule has 0 aromatic heterocycles. The van der Waals surface area contributed by atoms with Crippen LogP contribution in [0.5, 0.6) is 0 Å². The molecule has 1 fully saturated rings. The number of ether oxygens (including phenoxy) is 2. The summed E-state index contributed by atoms with van der Waals surface area (Å²) in [7, 11) is 0. The number of rotatable bonds is 0. The van der Waals surface area contributed by atoms with Crippen molar-refractivity contribution < 1.29 is 14.3 Å². The van der Waals surface area contributed by atoms with Gasteiger partial charge in [-0.05, 0) is 18.6 Å². The molecule has 10 heavy (non-hydrogen) atoms. The minimum atomic E-state index is -0.325. The van der Waals surface area contributed by atoms with Gasteiger partial charge in [0, 0.05) is 0 Å². The van der Waals surface area contributed by atoms with E-state index in [0.29, 0.717) is 6.61 Å². The first-order valence-electron chi connectivity index (χ1n) is 3.26. The van der Waals surface area contributed by atoms with Crippen LogP contribution in [0.25, 0.3) is 0 Å². The second-order valence-electron chi connectivity index (χ2n) is 2.58. The van der Waals surface area contributed by atoms with Crippen LogP contribution in [-0.4, -0.2) is 24.8 Å². The minimum Gasteiger partial charge on any atom is -0.345 e. The Hall–Kier alpha value is -0.670. The molecule has 2 rings (SSSR count). The molecule has 3 heteroatoms. The van der Waals surface area contributed by atoms with Crippen LogP contribution in [0.3, 0.4) is 0 Å². The molecule has 0 spiro atoms. The second kappa shape index (κ2) is 1.90. The fourth-order valence-corrected chi connectivity index (χ4v) is 1.18. The molecule has 0 aromatic rings. The summed E-state index contributed by atoms with van der Waals surface area (Å²) in [5, 5.41) is 0. The zero-order valence-corrected chi connectivity index (χ0v) is 5.66. The Balaban J connectivity index is 2.33. The van der Waals surface area contributed by atoms with Gasteiger partial charge in [0.2, 0.25) is 0 Å². The Bertz CT molecular complexity index is 207. The van der Waals surface area contributed by atoms with Gasteiger partial charge in [-0.2, -0.15) is 0 Å². The van der Waals surface area contributed by atoms with Crippen LogP contribution >= 0.6 is 0 Å². The largest absolute Gasteiger partial charge is 0.345 e. The van der Waals surface area contributed by atoms with Crippen molar-refractivity contribution in [2.45, 2.75) is 19.3 Å². The molecule has 2 aliphatic heterocycles. The smallest absolute Gasteiger partial charge is 0.187 e. The summed E-state index contributed by atoms with van der Waals surface area (Å²) in [6.07, 6.45) is 1.03. The van der Waals surface area contributed by atoms with Crippen molar-refractivity contribution in [3.05, 3.63) is 11.6 Å². The predicted molar refractivity (Wildman–Crippen MR) is 33.4 cm³/mol. The molecular formula is C7H8O3. The van der Waals surface area contributed by atoms with E-state index < -0.39 is 0 Å². The van der Waals surface area contributed by atoms with Crippen LogP contribution < -0.4 is 0 Å². The number of carbonyl (C=O) groups is 1. The summed E-state index contributed by atoms with van der Waals surface area (Å²) in [4.78, 5) is 11.0. The molecule has 0 amide bonds. The third kappa shape index (κ3) is 0.711. The fraction of sp³-hybridized carbons (Fsp3) is 0.571. The van der Waals surface area contributed by atoms with E-state index in [2.05, 4.69) is 0 Å². The van der Waals surface area contributed by atoms with Crippen molar-refractivity contribution in [2.24, 2.45) is 0 Å². The van der Waals surface area contributed by atoms with Gasteiger partial charge in [0.05, 0.1) is 6.61 Å². The first-order valence-corrected chi connectivity index (χ1v) is 3.26. The van der Waals surface area contributed by atoms with E-state index in [1.807, 2.05) is 6.92 Å². The predicted octanol–water partition coefficient (Wildman–Crippen LogP) is 0.257. The lowest BCUT2D eigenvalue weighted by Crippen LogP contribution is -2.26. The highest BCUT2D eigenvalue weighted by atomic mass is 16.7. The summed E-state index contributed by atoms with van der Waals surface area (Å²) < 4.78 is 10.3. The summed E-state index contributed by atoms with van der Waals surface area (Å²) in [6.45, 7) is 2.25. The zero-order chi connectivity index (χ0) is 7.14. The molecule has 1 saturated heterocycles. The Kier molecular flexibility index (Phi) is 1.16. The van der Waals surface area contributed by atoms with Gasteiger partial charge in [0.1, 0.15) is 6.10 Å². The van der Waals surface area contributed by atoms with Crippen molar-refractivity contribution in [1.82, 2.24) is 0 Å². The van der Waals surface area contributed by atoms with Crippen LogP contribution in [-0.2, 0) is 14.3 Å². The molecule has 3 nitrogen and oxygen atoms in total. The highest BCUT2D eigenvalue weighted by Crippen LogP contribution is 2.23. The number of fused-ring (bicyclic) bond motifs is 2. The maximum Gasteiger partial charge on any atom is 0.187 e. The Morgan fingerprint density at radius 1 is 1.70 bits per heavy atom. The molecule has 2 bridgehead atoms. The van der Waals surface area contributed by atoms with Gasteiger partial charge < -0.3 is 9.47 Å². The van der Waals surface area contributed by atoms with Crippen molar-refractivity contribution in [3.8, 4) is 0 Å². The SMILES string of the molecule is CC1=CC(=O)[C@H]2CO[C@H]1O2. The fourth-order valence-electron chi connectivity index (χ4n) is 1.18. The van der Waals surface area contributed by atoms with Crippen molar-refractivity contribution in [3.63, 3.8) is 0 Å². The summed E-state index contributed by atoms with van der Waals surface area (Å²) in [6, 6.07) is 0. The highest BCUT2D eigenvalue weighted by Gasteiger charge is 2.35. The van der Waals surface area contributed by atoms with E-state index in [-0.39, 0.29) is 18.2 Å². The Morgan fingerprint density at radius 3 is 3.30 bits per heavy atom. The lowest BCUT2D eigenvalue weighted by atomic mass is 10.1. The maximum atomic E-state index is 11.0. The minimum absolute atomic E-state index is 0.0336. The van der Waals surface area contributed by atoms with E-state index in [4.69, 9.17) is 9.47 Å². The Morgan fingerprint density at radius 2 is 2.50 bits per heavy atom. The van der Waals surface area contributed by atoms with Gasteiger partial charge in [-0.1, -0.05) is 0 Å². The van der Waals surface area contributed by atoms with Gasteiger partial charge in [-0.3, -0.25) is 4.79 Å². The molecule has 0 N–H and O–H groups in total. The number of hydrogen-bond acceptors (Lipinski definition) is 3. The summed E-state index contributed by atoms with van der Waals surface area (Å²) >= 11 is 0. The molecule has 54 valence electrons. The van der Waals surface area contributed by atoms with Gasteiger partial charge >= 0.3 is 0 Å². The molecule has 0 saturated carbocycles. The zero-order valence-electron chi connectivity index (χ0n) is 5.66. The van der Waals surface area contributed by atoms with Gasteiger partial charge in [0.25, 0.3) is 0 Å². The monoisotopic (exact) mass is 140 g/mol. The van der Waals surface area contributed by atoms with Crippen molar-refractivity contribution >= 4 is 5.78 Å². The molecule has 2 heterocycles. The average molecular weight is 140 g/mol. The van der Waals surface area contributed by atoms with E-state index in [9.17, 15) is 4.79 Å². The van der Waals surface area contributed by atoms with Crippen molar-refractivity contribution in [1.29, 1.82) is 0 Å². The van der Waals surface area contributed by atoms with Crippen LogP contribution in [0.1, 0.15) is 6.92 Å². The molecular weight excluding hydrogens is 132 g/mol. The van der Waals surface area contributed by atoms with Crippen molar-refractivity contribution in [2.75, 3.05) is 6.61 Å². The van der Waals surface area contributed by atoms with E-state index in [1.165, 1.54) is 0 Å². The molecule has 0 aromatic carbocycles. The van der Waals surface area contributed by atoms with E-state index in [1.54, 1.807) is 6.08 Å². The quantitative estimate of drug-likeness (QED) is 0.484. The third-order valence-corrected chi connectivity index (χ3v) is 1.75. The van der Waals surface area contributed by atoms with Gasteiger partial charge in [0.15, 0.2) is 12.1 Å². The number of ketones is 1. The first kappa shape index (κ1) is 6.07. The van der Waals surface area contributed by atoms with Crippen LogP contribution in [0, 0.1) is 0 Å². The molecule has 2 aliphatic rings. The highest BCUT2D eigenvalue weighted by molar-refractivity contribution is 5.95. The Labute approximate surface area is 58.6 Å². The van der Waals surface area contributed by atoms with Gasteiger partial charge in [-0.25, -0.2) is 0 Å². The maximum absolute atomic E-state index is 11.0. The van der Waals surface area contributed by atoms with Crippen LogP contribution in [0.2, 0.25) is 0 Å². The van der Waals surface area contributed by atoms with Gasteiger partial charge in [-0.15, -0.1) is 0 Å². The standard InChI is InChI=1S/C7H8O3/c1-4-2-5(8)6-3-9-7(4)10-6/h2,6-7H,3H2,1H3/t6-,7+/m1/s1. The van der Waals surface area contributed by atoms with Crippen LogP contribution in [0.4, 0.5) is 0 Å². The topological polar surface area (TPSA) is 35.5 Å². The summed E-state index contributed by atoms with van der Waals surface area (Å²) in [5.41, 5.74) is 0.874. The molecule has 0 aliphatic carbocycles.